The number of aliphatic hydroxyl groups is 1. The molecule has 0 bridgehead atoms. The van der Waals surface area contributed by atoms with E-state index >= 15 is 0 Å². The van der Waals surface area contributed by atoms with Gasteiger partial charge < -0.3 is 14.8 Å². The van der Waals surface area contributed by atoms with E-state index in [9.17, 15) is 4.79 Å². The number of nitrogens with one attached hydrogen (secondary N) is 1. The van der Waals surface area contributed by atoms with Crippen LogP contribution in [0, 0.1) is 11.3 Å². The van der Waals surface area contributed by atoms with Crippen molar-refractivity contribution in [1.82, 2.24) is 9.97 Å². The lowest BCUT2D eigenvalue weighted by atomic mass is 10.1. The molecule has 108 valence electrons. The van der Waals surface area contributed by atoms with E-state index < -0.39 is 5.56 Å². The number of benzene rings is 1. The van der Waals surface area contributed by atoms with Crippen molar-refractivity contribution in [1.29, 1.82) is 5.26 Å². The molecule has 0 aliphatic carbocycles. The van der Waals surface area contributed by atoms with Crippen molar-refractivity contribution in [3.63, 3.8) is 0 Å². The van der Waals surface area contributed by atoms with Gasteiger partial charge in [-0.2, -0.15) is 5.26 Å². The van der Waals surface area contributed by atoms with E-state index in [-0.39, 0.29) is 18.8 Å². The van der Waals surface area contributed by atoms with Gasteiger partial charge in [0.15, 0.2) is 5.16 Å². The van der Waals surface area contributed by atoms with E-state index in [0.29, 0.717) is 22.2 Å². The summed E-state index contributed by atoms with van der Waals surface area (Å²) in [7, 11) is 0. The summed E-state index contributed by atoms with van der Waals surface area (Å²) in [5.74, 6) is 0.540. The number of aliphatic hydroxyl groups excluding tert-OH is 1. The van der Waals surface area contributed by atoms with Gasteiger partial charge in [-0.25, -0.2) is 4.98 Å². The molecule has 1 heterocycles. The molecular formula is C14H13N3O3S. The summed E-state index contributed by atoms with van der Waals surface area (Å²) in [6.07, 6.45) is 1.79. The van der Waals surface area contributed by atoms with Crippen LogP contribution in [0.4, 0.5) is 0 Å². The first-order valence-electron chi connectivity index (χ1n) is 6.12. The molecule has 0 saturated carbocycles. The van der Waals surface area contributed by atoms with Crippen LogP contribution >= 0.6 is 11.8 Å². The van der Waals surface area contributed by atoms with Crippen LogP contribution in [0.3, 0.4) is 0 Å². The highest BCUT2D eigenvalue weighted by Gasteiger charge is 2.13. The third-order valence-electron chi connectivity index (χ3n) is 2.67. The van der Waals surface area contributed by atoms with E-state index in [1.807, 2.05) is 6.07 Å². The fraction of sp³-hybridized carbons (Fsp3) is 0.214. The van der Waals surface area contributed by atoms with Gasteiger partial charge in [-0.05, 0) is 18.4 Å². The fourth-order valence-electron chi connectivity index (χ4n) is 1.76. The van der Waals surface area contributed by atoms with Crippen molar-refractivity contribution in [2.75, 3.05) is 19.5 Å². The Morgan fingerprint density at radius 2 is 2.33 bits per heavy atom. The second kappa shape index (κ2) is 6.92. The van der Waals surface area contributed by atoms with E-state index in [4.69, 9.17) is 15.1 Å². The molecule has 0 saturated heterocycles. The minimum Gasteiger partial charge on any atom is -0.491 e. The van der Waals surface area contributed by atoms with Gasteiger partial charge in [0.2, 0.25) is 0 Å². The van der Waals surface area contributed by atoms with Gasteiger partial charge >= 0.3 is 0 Å². The third-order valence-corrected chi connectivity index (χ3v) is 3.25. The Balaban J connectivity index is 2.53. The van der Waals surface area contributed by atoms with E-state index in [2.05, 4.69) is 9.97 Å². The molecule has 1 aromatic heterocycles. The van der Waals surface area contributed by atoms with Crippen LogP contribution in [0.5, 0.6) is 5.75 Å². The SMILES string of the molecule is CSc1nc(-c2cccc(OCCO)c2)c(C#N)c(=O)[nH]1. The maximum absolute atomic E-state index is 11.9. The Labute approximate surface area is 125 Å². The lowest BCUT2D eigenvalue weighted by Gasteiger charge is -2.08. The first-order chi connectivity index (χ1) is 10.2. The zero-order chi connectivity index (χ0) is 15.2. The average molecular weight is 303 g/mol. The largest absolute Gasteiger partial charge is 0.491 e. The number of rotatable bonds is 5. The normalized spacial score (nSPS) is 10.1. The Bertz CT molecular complexity index is 737. The van der Waals surface area contributed by atoms with Crippen LogP contribution in [0.25, 0.3) is 11.3 Å². The molecule has 2 aromatic rings. The molecule has 0 radical (unpaired) electrons. The molecule has 0 aliphatic rings. The lowest BCUT2D eigenvalue weighted by Crippen LogP contribution is -2.14. The summed E-state index contributed by atoms with van der Waals surface area (Å²) in [4.78, 5) is 18.7. The zero-order valence-corrected chi connectivity index (χ0v) is 12.1. The van der Waals surface area contributed by atoms with E-state index in [1.54, 1.807) is 30.5 Å². The van der Waals surface area contributed by atoms with Crippen molar-refractivity contribution in [2.24, 2.45) is 0 Å². The van der Waals surface area contributed by atoms with Crippen LogP contribution < -0.4 is 10.3 Å². The first kappa shape index (κ1) is 15.1. The number of nitriles is 1. The predicted octanol–water partition coefficient (Wildman–Crippen LogP) is 1.40. The maximum atomic E-state index is 11.9. The van der Waals surface area contributed by atoms with Crippen LogP contribution in [0.1, 0.15) is 5.56 Å². The maximum Gasteiger partial charge on any atom is 0.270 e. The van der Waals surface area contributed by atoms with Gasteiger partial charge in [-0.15, -0.1) is 0 Å². The number of H-pyrrole nitrogens is 1. The van der Waals surface area contributed by atoms with Gasteiger partial charge in [0.25, 0.3) is 5.56 Å². The number of hydrogen-bond donors (Lipinski definition) is 2. The summed E-state index contributed by atoms with van der Waals surface area (Å²) in [5, 5.41) is 18.4. The minimum absolute atomic E-state index is 0.0351. The van der Waals surface area contributed by atoms with Crippen LogP contribution in [0.15, 0.2) is 34.2 Å². The minimum atomic E-state index is -0.464. The molecule has 0 fully saturated rings. The molecule has 2 N–H and O–H groups in total. The summed E-state index contributed by atoms with van der Waals surface area (Å²) in [5.41, 5.74) is 0.434. The van der Waals surface area contributed by atoms with Gasteiger partial charge in [0.1, 0.15) is 24.0 Å². The quantitative estimate of drug-likeness (QED) is 0.640. The summed E-state index contributed by atoms with van der Waals surface area (Å²) in [6, 6.07) is 8.78. The number of aromatic amines is 1. The fourth-order valence-corrected chi connectivity index (χ4v) is 2.14. The molecule has 0 unspecified atom stereocenters. The standard InChI is InChI=1S/C14H13N3O3S/c1-21-14-16-12(11(8-15)13(19)17-14)9-3-2-4-10(7-9)20-6-5-18/h2-4,7,18H,5-6H2,1H3,(H,16,17,19). The molecule has 7 heteroatoms. The summed E-state index contributed by atoms with van der Waals surface area (Å²) in [6.45, 7) is 0.0843. The molecule has 1 aromatic carbocycles. The molecular weight excluding hydrogens is 290 g/mol. The third kappa shape index (κ3) is 3.42. The summed E-state index contributed by atoms with van der Waals surface area (Å²) < 4.78 is 5.33. The number of ether oxygens (including phenoxy) is 1. The van der Waals surface area contributed by atoms with Gasteiger partial charge in [-0.1, -0.05) is 23.9 Å². The molecule has 0 amide bonds. The van der Waals surface area contributed by atoms with Crippen molar-refractivity contribution in [3.8, 4) is 23.1 Å². The van der Waals surface area contributed by atoms with Gasteiger partial charge in [0, 0.05) is 5.56 Å². The first-order valence-corrected chi connectivity index (χ1v) is 7.34. The van der Waals surface area contributed by atoms with E-state index in [0.717, 1.165) is 0 Å². The lowest BCUT2D eigenvalue weighted by molar-refractivity contribution is 0.201. The van der Waals surface area contributed by atoms with Crippen LogP contribution in [-0.2, 0) is 0 Å². The Morgan fingerprint density at radius 3 is 3.00 bits per heavy atom. The van der Waals surface area contributed by atoms with Crippen LogP contribution in [0.2, 0.25) is 0 Å². The van der Waals surface area contributed by atoms with Gasteiger partial charge in [0.05, 0.1) is 12.3 Å². The molecule has 0 aliphatic heterocycles. The highest BCUT2D eigenvalue weighted by Crippen LogP contribution is 2.24. The second-order valence-electron chi connectivity index (χ2n) is 4.01. The van der Waals surface area contributed by atoms with Crippen molar-refractivity contribution >= 4 is 11.8 Å². The number of hydrogen-bond acceptors (Lipinski definition) is 6. The average Bonchev–Trinajstić information content (AvgIpc) is 2.52. The molecule has 0 atom stereocenters. The number of aromatic nitrogens is 2. The highest BCUT2D eigenvalue weighted by molar-refractivity contribution is 7.98. The second-order valence-corrected chi connectivity index (χ2v) is 4.81. The Kier molecular flexibility index (Phi) is 4.98. The zero-order valence-electron chi connectivity index (χ0n) is 11.3. The summed E-state index contributed by atoms with van der Waals surface area (Å²) >= 11 is 1.29. The highest BCUT2D eigenvalue weighted by atomic mass is 32.2. The number of nitrogens with zero attached hydrogens (tertiary/aromatic N) is 2. The van der Waals surface area contributed by atoms with Gasteiger partial charge in [-0.3, -0.25) is 4.79 Å². The topological polar surface area (TPSA) is 99.0 Å². The number of thioether (sulfide) groups is 1. The van der Waals surface area contributed by atoms with Crippen molar-refractivity contribution < 1.29 is 9.84 Å². The van der Waals surface area contributed by atoms with Crippen molar-refractivity contribution in [3.05, 3.63) is 40.2 Å². The Morgan fingerprint density at radius 1 is 1.52 bits per heavy atom. The molecule has 6 nitrogen and oxygen atoms in total. The monoisotopic (exact) mass is 303 g/mol. The van der Waals surface area contributed by atoms with Crippen LogP contribution in [-0.4, -0.2) is 34.5 Å². The predicted molar refractivity (Wildman–Crippen MR) is 79.4 cm³/mol. The smallest absolute Gasteiger partial charge is 0.270 e. The van der Waals surface area contributed by atoms with E-state index in [1.165, 1.54) is 11.8 Å². The molecule has 21 heavy (non-hydrogen) atoms. The molecule has 2 rings (SSSR count). The van der Waals surface area contributed by atoms with Crippen molar-refractivity contribution in [2.45, 2.75) is 5.16 Å². The molecule has 0 spiro atoms. The Hall–Kier alpha value is -2.30.